The van der Waals surface area contributed by atoms with E-state index in [4.69, 9.17) is 14.2 Å². The molecular weight excluding hydrogens is 426 g/mol. The number of amides is 1. The van der Waals surface area contributed by atoms with Crippen molar-refractivity contribution < 1.29 is 19.0 Å². The van der Waals surface area contributed by atoms with Gasteiger partial charge in [0.05, 0.1) is 33.9 Å². The van der Waals surface area contributed by atoms with Gasteiger partial charge in [-0.15, -0.1) is 0 Å². The highest BCUT2D eigenvalue weighted by atomic mass is 79.9. The molecule has 1 aromatic carbocycles. The minimum atomic E-state index is -0.0785. The number of carbonyl (C=O) groups is 1. The van der Waals surface area contributed by atoms with Crippen molar-refractivity contribution in [3.05, 3.63) is 46.1 Å². The molecule has 0 spiro atoms. The van der Waals surface area contributed by atoms with Crippen molar-refractivity contribution in [1.82, 2.24) is 10.3 Å². The summed E-state index contributed by atoms with van der Waals surface area (Å²) < 4.78 is 16.7. The van der Waals surface area contributed by atoms with Gasteiger partial charge in [0.15, 0.2) is 11.5 Å². The zero-order valence-electron chi connectivity index (χ0n) is 16.0. The fourth-order valence-electron chi connectivity index (χ4n) is 2.97. The molecule has 0 aliphatic carbocycles. The number of nitrogens with one attached hydrogen (secondary N) is 1. The number of nitrogens with zero attached hydrogens (tertiary/aromatic N) is 2. The average Bonchev–Trinajstić information content (AvgIpc) is 2.74. The zero-order chi connectivity index (χ0) is 19.9. The van der Waals surface area contributed by atoms with Gasteiger partial charge in [0.2, 0.25) is 5.91 Å². The van der Waals surface area contributed by atoms with Gasteiger partial charge >= 0.3 is 0 Å². The van der Waals surface area contributed by atoms with Crippen molar-refractivity contribution in [2.45, 2.75) is 13.0 Å². The van der Waals surface area contributed by atoms with Crippen LogP contribution < -0.4 is 19.7 Å². The maximum absolute atomic E-state index is 12.4. The van der Waals surface area contributed by atoms with Gasteiger partial charge in [-0.25, -0.2) is 4.98 Å². The third-order valence-corrected chi connectivity index (χ3v) is 5.28. The quantitative estimate of drug-likeness (QED) is 0.699. The van der Waals surface area contributed by atoms with Gasteiger partial charge in [0, 0.05) is 30.3 Å². The van der Waals surface area contributed by atoms with Crippen molar-refractivity contribution in [3.63, 3.8) is 0 Å². The number of anilines is 1. The zero-order valence-corrected chi connectivity index (χ0v) is 17.6. The predicted molar refractivity (Wildman–Crippen MR) is 110 cm³/mol. The second kappa shape index (κ2) is 9.75. The van der Waals surface area contributed by atoms with Crippen LogP contribution in [-0.2, 0) is 22.5 Å². The second-order valence-electron chi connectivity index (χ2n) is 6.38. The minimum absolute atomic E-state index is 0.0785. The van der Waals surface area contributed by atoms with Crippen LogP contribution in [0.2, 0.25) is 0 Å². The molecule has 1 aliphatic heterocycles. The van der Waals surface area contributed by atoms with Gasteiger partial charge in [-0.3, -0.25) is 4.79 Å². The summed E-state index contributed by atoms with van der Waals surface area (Å²) in [6, 6.07) is 7.58. The molecule has 1 N–H and O–H groups in total. The van der Waals surface area contributed by atoms with Gasteiger partial charge in [0.25, 0.3) is 0 Å². The third-order valence-electron chi connectivity index (χ3n) is 4.54. The van der Waals surface area contributed by atoms with Crippen LogP contribution in [0.5, 0.6) is 11.5 Å². The number of morpholine rings is 1. The van der Waals surface area contributed by atoms with Gasteiger partial charge in [0.1, 0.15) is 5.82 Å². The molecule has 1 amide bonds. The van der Waals surface area contributed by atoms with Crippen LogP contribution in [0.1, 0.15) is 11.1 Å². The van der Waals surface area contributed by atoms with Crippen molar-refractivity contribution in [2.24, 2.45) is 0 Å². The van der Waals surface area contributed by atoms with Crippen LogP contribution in [0.25, 0.3) is 0 Å². The van der Waals surface area contributed by atoms with Gasteiger partial charge < -0.3 is 24.4 Å². The molecule has 2 aromatic rings. The molecule has 0 radical (unpaired) electrons. The van der Waals surface area contributed by atoms with E-state index in [1.165, 1.54) is 0 Å². The number of halogens is 1. The number of ether oxygens (including phenoxy) is 3. The summed E-state index contributed by atoms with van der Waals surface area (Å²) in [6.45, 7) is 3.59. The molecule has 0 bridgehead atoms. The summed E-state index contributed by atoms with van der Waals surface area (Å²) in [6.07, 6.45) is 2.04. The van der Waals surface area contributed by atoms with E-state index in [2.05, 4.69) is 31.1 Å². The van der Waals surface area contributed by atoms with E-state index in [1.54, 1.807) is 32.5 Å². The second-order valence-corrected chi connectivity index (χ2v) is 7.23. The average molecular weight is 450 g/mol. The van der Waals surface area contributed by atoms with Crippen LogP contribution in [0.4, 0.5) is 5.82 Å². The molecule has 3 rings (SSSR count). The van der Waals surface area contributed by atoms with Crippen LogP contribution in [0.15, 0.2) is 34.9 Å². The lowest BCUT2D eigenvalue weighted by molar-refractivity contribution is -0.120. The number of carbonyl (C=O) groups excluding carboxylic acids is 1. The molecule has 150 valence electrons. The number of methoxy groups -OCH3 is 2. The Bertz CT molecular complexity index is 808. The Hall–Kier alpha value is -2.32. The number of rotatable bonds is 7. The molecule has 0 unspecified atom stereocenters. The molecule has 7 nitrogen and oxygen atoms in total. The van der Waals surface area contributed by atoms with Crippen LogP contribution >= 0.6 is 15.9 Å². The topological polar surface area (TPSA) is 72.9 Å². The maximum atomic E-state index is 12.4. The van der Waals surface area contributed by atoms with Crippen molar-refractivity contribution in [1.29, 1.82) is 0 Å². The van der Waals surface area contributed by atoms with Crippen molar-refractivity contribution in [3.8, 4) is 11.5 Å². The lowest BCUT2D eigenvalue weighted by atomic mass is 10.1. The third kappa shape index (κ3) is 5.14. The number of aromatic nitrogens is 1. The highest BCUT2D eigenvalue weighted by molar-refractivity contribution is 9.10. The van der Waals surface area contributed by atoms with E-state index < -0.39 is 0 Å². The molecule has 1 aromatic heterocycles. The minimum Gasteiger partial charge on any atom is -0.493 e. The van der Waals surface area contributed by atoms with Gasteiger partial charge in [-0.05, 0) is 29.3 Å². The highest BCUT2D eigenvalue weighted by Gasteiger charge is 2.14. The standard InChI is InChI=1S/C20H24BrN3O4/c1-26-17-9-15(16(21)11-18(17)27-2)10-20(25)23-13-14-3-4-19(22-12-14)24-5-7-28-8-6-24/h3-4,9,11-12H,5-8,10,13H2,1-2H3,(H,23,25). The smallest absolute Gasteiger partial charge is 0.224 e. The first-order chi connectivity index (χ1) is 13.6. The highest BCUT2D eigenvalue weighted by Crippen LogP contribution is 2.33. The molecule has 0 atom stereocenters. The van der Waals surface area contributed by atoms with Gasteiger partial charge in [-0.2, -0.15) is 0 Å². The van der Waals surface area contributed by atoms with E-state index in [0.717, 1.165) is 47.7 Å². The fraction of sp³-hybridized carbons (Fsp3) is 0.400. The Balaban J connectivity index is 1.55. The first-order valence-electron chi connectivity index (χ1n) is 9.05. The Kier molecular flexibility index (Phi) is 7.11. The molecule has 0 saturated carbocycles. The number of hydrogen-bond donors (Lipinski definition) is 1. The van der Waals surface area contributed by atoms with E-state index >= 15 is 0 Å². The largest absolute Gasteiger partial charge is 0.493 e. The number of pyridine rings is 1. The molecular formula is C20H24BrN3O4. The summed E-state index contributed by atoms with van der Waals surface area (Å²) in [5.41, 5.74) is 1.78. The molecule has 1 saturated heterocycles. The first-order valence-corrected chi connectivity index (χ1v) is 9.84. The molecule has 8 heteroatoms. The summed E-state index contributed by atoms with van der Waals surface area (Å²) in [7, 11) is 3.15. The Morgan fingerprint density at radius 1 is 1.21 bits per heavy atom. The predicted octanol–water partition coefficient (Wildman–Crippen LogP) is 2.56. The van der Waals surface area contributed by atoms with E-state index in [-0.39, 0.29) is 12.3 Å². The van der Waals surface area contributed by atoms with Gasteiger partial charge in [-0.1, -0.05) is 22.0 Å². The van der Waals surface area contributed by atoms with Crippen LogP contribution in [0, 0.1) is 0 Å². The SMILES string of the molecule is COc1cc(Br)c(CC(=O)NCc2ccc(N3CCOCC3)nc2)cc1OC. The lowest BCUT2D eigenvalue weighted by Crippen LogP contribution is -2.36. The van der Waals surface area contributed by atoms with E-state index in [0.29, 0.717) is 18.0 Å². The lowest BCUT2D eigenvalue weighted by Gasteiger charge is -2.27. The van der Waals surface area contributed by atoms with Crippen molar-refractivity contribution in [2.75, 3.05) is 45.4 Å². The van der Waals surface area contributed by atoms with Crippen LogP contribution in [0.3, 0.4) is 0 Å². The Morgan fingerprint density at radius 2 is 1.93 bits per heavy atom. The Labute approximate surface area is 173 Å². The fourth-order valence-corrected chi connectivity index (χ4v) is 3.43. The molecule has 1 fully saturated rings. The molecule has 1 aliphatic rings. The first kappa shape index (κ1) is 20.4. The van der Waals surface area contributed by atoms with Crippen LogP contribution in [-0.4, -0.2) is 51.4 Å². The van der Waals surface area contributed by atoms with E-state index in [1.807, 2.05) is 12.1 Å². The number of hydrogen-bond acceptors (Lipinski definition) is 6. The van der Waals surface area contributed by atoms with Crippen molar-refractivity contribution >= 4 is 27.7 Å². The maximum Gasteiger partial charge on any atom is 0.224 e. The van der Waals surface area contributed by atoms with E-state index in [9.17, 15) is 4.79 Å². The summed E-state index contributed by atoms with van der Waals surface area (Å²) in [5, 5.41) is 2.93. The summed E-state index contributed by atoms with van der Waals surface area (Å²) >= 11 is 3.48. The normalized spacial score (nSPS) is 13.9. The molecule has 2 heterocycles. The number of benzene rings is 1. The summed E-state index contributed by atoms with van der Waals surface area (Å²) in [4.78, 5) is 19.1. The Morgan fingerprint density at radius 3 is 2.57 bits per heavy atom. The molecule has 28 heavy (non-hydrogen) atoms. The monoisotopic (exact) mass is 449 g/mol. The summed E-state index contributed by atoms with van der Waals surface area (Å²) in [5.74, 6) is 2.07.